The minimum atomic E-state index is -6.38. The van der Waals surface area contributed by atoms with E-state index in [9.17, 15) is 30.7 Å². The summed E-state index contributed by atoms with van der Waals surface area (Å²) in [7, 11) is 0. The molecule has 0 radical (unpaired) electrons. The number of alkyl halides is 7. The standard InChI is InChI=1S/C10H5BrClF7/c1-4-2-5(12)3-6(7(4)11)8(13,14)9(15,16)10(17,18)19/h2-3H,1H3. The van der Waals surface area contributed by atoms with E-state index in [2.05, 4.69) is 15.9 Å². The fourth-order valence-electron chi connectivity index (χ4n) is 1.30. The molecule has 0 saturated carbocycles. The van der Waals surface area contributed by atoms with E-state index < -0.39 is 28.1 Å². The van der Waals surface area contributed by atoms with Gasteiger partial charge in [0, 0.05) is 15.1 Å². The third-order valence-corrected chi connectivity index (χ3v) is 3.58. The summed E-state index contributed by atoms with van der Waals surface area (Å²) < 4.78 is 88.4. The van der Waals surface area contributed by atoms with Crippen LogP contribution in [0.3, 0.4) is 0 Å². The van der Waals surface area contributed by atoms with E-state index in [-0.39, 0.29) is 10.6 Å². The van der Waals surface area contributed by atoms with Crippen molar-refractivity contribution in [3.05, 3.63) is 32.8 Å². The van der Waals surface area contributed by atoms with Crippen LogP contribution in [-0.2, 0) is 5.92 Å². The van der Waals surface area contributed by atoms with Gasteiger partial charge in [-0.3, -0.25) is 0 Å². The second-order valence-electron chi connectivity index (χ2n) is 3.73. The first-order valence-corrected chi connectivity index (χ1v) is 5.78. The first kappa shape index (κ1) is 16.6. The van der Waals surface area contributed by atoms with Gasteiger partial charge in [-0.15, -0.1) is 0 Å². The molecule has 0 aliphatic heterocycles. The van der Waals surface area contributed by atoms with E-state index in [1.807, 2.05) is 0 Å². The van der Waals surface area contributed by atoms with Crippen LogP contribution < -0.4 is 0 Å². The lowest BCUT2D eigenvalue weighted by Gasteiger charge is -2.29. The van der Waals surface area contributed by atoms with E-state index in [0.29, 0.717) is 6.07 Å². The van der Waals surface area contributed by atoms with Crippen molar-refractivity contribution in [2.75, 3.05) is 0 Å². The fraction of sp³-hybridized carbons (Fsp3) is 0.400. The molecular weight excluding hydrogens is 368 g/mol. The van der Waals surface area contributed by atoms with Crippen molar-refractivity contribution in [2.24, 2.45) is 0 Å². The molecule has 19 heavy (non-hydrogen) atoms. The smallest absolute Gasteiger partial charge is 0.194 e. The van der Waals surface area contributed by atoms with Crippen molar-refractivity contribution >= 4 is 27.5 Å². The zero-order valence-electron chi connectivity index (χ0n) is 9.06. The van der Waals surface area contributed by atoms with Gasteiger partial charge in [-0.05, 0) is 24.6 Å². The lowest BCUT2D eigenvalue weighted by molar-refractivity contribution is -0.359. The molecule has 0 unspecified atom stereocenters. The molecule has 9 heteroatoms. The molecule has 1 aromatic rings. The fourth-order valence-corrected chi connectivity index (χ4v) is 2.05. The van der Waals surface area contributed by atoms with Gasteiger partial charge in [0.05, 0.1) is 0 Å². The van der Waals surface area contributed by atoms with Crippen molar-refractivity contribution in [3.63, 3.8) is 0 Å². The second-order valence-corrected chi connectivity index (χ2v) is 4.96. The van der Waals surface area contributed by atoms with Crippen LogP contribution in [0, 0.1) is 6.92 Å². The maximum atomic E-state index is 13.5. The second kappa shape index (κ2) is 4.80. The molecule has 0 fully saturated rings. The topological polar surface area (TPSA) is 0 Å². The van der Waals surface area contributed by atoms with Crippen LogP contribution in [0.5, 0.6) is 0 Å². The van der Waals surface area contributed by atoms with E-state index >= 15 is 0 Å². The first-order valence-electron chi connectivity index (χ1n) is 4.61. The number of hydrogen-bond donors (Lipinski definition) is 0. The maximum absolute atomic E-state index is 13.5. The van der Waals surface area contributed by atoms with Gasteiger partial charge < -0.3 is 0 Å². The van der Waals surface area contributed by atoms with Gasteiger partial charge in [-0.1, -0.05) is 27.5 Å². The predicted octanol–water partition coefficient (Wildman–Crippen LogP) is 5.70. The molecule has 0 saturated heterocycles. The Morgan fingerprint density at radius 2 is 1.47 bits per heavy atom. The average molecular weight is 373 g/mol. The number of hydrogen-bond acceptors (Lipinski definition) is 0. The highest BCUT2D eigenvalue weighted by atomic mass is 79.9. The molecule has 0 heterocycles. The molecule has 0 bridgehead atoms. The van der Waals surface area contributed by atoms with Crippen LogP contribution in [0.4, 0.5) is 30.7 Å². The first-order chi connectivity index (χ1) is 8.32. The van der Waals surface area contributed by atoms with Gasteiger partial charge in [-0.25, -0.2) is 0 Å². The lowest BCUT2D eigenvalue weighted by Crippen LogP contribution is -2.50. The third-order valence-electron chi connectivity index (χ3n) is 2.31. The number of benzene rings is 1. The Balaban J connectivity index is 3.52. The molecule has 0 aromatic heterocycles. The van der Waals surface area contributed by atoms with Crippen molar-refractivity contribution in [1.29, 1.82) is 0 Å². The Morgan fingerprint density at radius 1 is 1.00 bits per heavy atom. The lowest BCUT2D eigenvalue weighted by atomic mass is 10.00. The molecule has 0 N–H and O–H groups in total. The highest BCUT2D eigenvalue weighted by molar-refractivity contribution is 9.10. The van der Waals surface area contributed by atoms with Gasteiger partial charge in [0.15, 0.2) is 0 Å². The number of aryl methyl sites for hydroxylation is 1. The molecule has 1 rings (SSSR count). The molecule has 0 nitrogen and oxygen atoms in total. The largest absolute Gasteiger partial charge is 0.460 e. The molecule has 0 aliphatic carbocycles. The SMILES string of the molecule is Cc1cc(Cl)cc(C(F)(F)C(F)(F)C(F)(F)F)c1Br. The molecule has 108 valence electrons. The summed E-state index contributed by atoms with van der Waals surface area (Å²) in [5.74, 6) is -11.7. The van der Waals surface area contributed by atoms with Crippen LogP contribution >= 0.6 is 27.5 Å². The Hall–Kier alpha value is -0.500. The Morgan fingerprint density at radius 3 is 1.89 bits per heavy atom. The van der Waals surface area contributed by atoms with E-state index in [4.69, 9.17) is 11.6 Å². The van der Waals surface area contributed by atoms with Crippen LogP contribution in [0.1, 0.15) is 11.1 Å². The number of rotatable bonds is 2. The van der Waals surface area contributed by atoms with Crippen LogP contribution in [0.2, 0.25) is 5.02 Å². The van der Waals surface area contributed by atoms with Crippen molar-refractivity contribution in [2.45, 2.75) is 24.9 Å². The quantitative estimate of drug-likeness (QED) is 0.583. The summed E-state index contributed by atoms with van der Waals surface area (Å²) in [6.45, 7) is 1.24. The van der Waals surface area contributed by atoms with Crippen LogP contribution in [0.15, 0.2) is 16.6 Å². The Kier molecular flexibility index (Phi) is 4.18. The van der Waals surface area contributed by atoms with Gasteiger partial charge in [0.25, 0.3) is 0 Å². The minimum Gasteiger partial charge on any atom is -0.194 e. The van der Waals surface area contributed by atoms with Gasteiger partial charge in [-0.2, -0.15) is 30.7 Å². The summed E-state index contributed by atoms with van der Waals surface area (Å²) in [6, 6.07) is 1.52. The zero-order valence-corrected chi connectivity index (χ0v) is 11.4. The summed E-state index contributed by atoms with van der Waals surface area (Å²) in [6.07, 6.45) is -6.38. The molecule has 0 atom stereocenters. The van der Waals surface area contributed by atoms with Crippen LogP contribution in [-0.4, -0.2) is 12.1 Å². The van der Waals surface area contributed by atoms with Gasteiger partial charge in [0.2, 0.25) is 0 Å². The molecular formula is C10H5BrClF7. The molecule has 1 aromatic carbocycles. The highest BCUT2D eigenvalue weighted by Gasteiger charge is 2.73. The highest BCUT2D eigenvalue weighted by Crippen LogP contribution is 2.53. The van der Waals surface area contributed by atoms with Crippen molar-refractivity contribution in [1.82, 2.24) is 0 Å². The summed E-state index contributed by atoms with van der Waals surface area (Å²) in [4.78, 5) is 0. The number of halogens is 9. The van der Waals surface area contributed by atoms with E-state index in [1.165, 1.54) is 6.92 Å². The van der Waals surface area contributed by atoms with Crippen molar-refractivity contribution < 1.29 is 30.7 Å². The average Bonchev–Trinajstić information content (AvgIpc) is 2.21. The molecule has 0 amide bonds. The normalized spacial score (nSPS) is 13.8. The minimum absolute atomic E-state index is 0.0140. The third kappa shape index (κ3) is 2.69. The van der Waals surface area contributed by atoms with E-state index in [0.717, 1.165) is 6.07 Å². The summed E-state index contributed by atoms with van der Waals surface area (Å²) >= 11 is 7.98. The van der Waals surface area contributed by atoms with E-state index in [1.54, 1.807) is 0 Å². The van der Waals surface area contributed by atoms with Crippen LogP contribution in [0.25, 0.3) is 0 Å². The monoisotopic (exact) mass is 372 g/mol. The van der Waals surface area contributed by atoms with Crippen molar-refractivity contribution in [3.8, 4) is 0 Å². The Labute approximate surface area is 116 Å². The van der Waals surface area contributed by atoms with Gasteiger partial charge in [0.1, 0.15) is 0 Å². The zero-order chi connectivity index (χ0) is 15.2. The predicted molar refractivity (Wildman–Crippen MR) is 58.8 cm³/mol. The summed E-state index contributed by atoms with van der Waals surface area (Å²) in [5.41, 5.74) is -1.50. The van der Waals surface area contributed by atoms with Gasteiger partial charge >= 0.3 is 18.0 Å². The Bertz CT molecular complexity index is 495. The maximum Gasteiger partial charge on any atom is 0.460 e. The molecule has 0 spiro atoms. The molecule has 0 aliphatic rings. The summed E-state index contributed by atoms with van der Waals surface area (Å²) in [5, 5.41) is -0.367.